The molecule has 1 atom stereocenters. The van der Waals surface area contributed by atoms with Crippen LogP contribution in [0.25, 0.3) is 0 Å². The summed E-state index contributed by atoms with van der Waals surface area (Å²) in [7, 11) is -3.65. The third-order valence-electron chi connectivity index (χ3n) is 7.56. The van der Waals surface area contributed by atoms with Gasteiger partial charge in [-0.25, -0.2) is 13.1 Å². The Balaban J connectivity index is 1.31. The molecule has 2 aromatic carbocycles. The zero-order valence-electron chi connectivity index (χ0n) is 20.9. The molecule has 2 N–H and O–H groups in total. The number of nitrogens with zero attached hydrogens (tertiary/aromatic N) is 1. The van der Waals surface area contributed by atoms with Crippen molar-refractivity contribution < 1.29 is 18.0 Å². The van der Waals surface area contributed by atoms with Crippen LogP contribution in [0.3, 0.4) is 0 Å². The topological polar surface area (TPSA) is 95.6 Å². The number of rotatable bonds is 6. The molecule has 0 spiro atoms. The molecule has 2 aromatic rings. The van der Waals surface area contributed by atoms with Gasteiger partial charge in [0, 0.05) is 36.8 Å². The molecule has 8 heteroatoms. The molecule has 1 saturated carbocycles. The second-order valence-electron chi connectivity index (χ2n) is 10.0. The molecule has 1 aliphatic heterocycles. The van der Waals surface area contributed by atoms with Gasteiger partial charge in [-0.1, -0.05) is 12.1 Å². The number of fused-ring (bicyclic) bond motifs is 1. The second kappa shape index (κ2) is 10.1. The maximum absolute atomic E-state index is 13.0. The monoisotopic (exact) mass is 497 g/mol. The van der Waals surface area contributed by atoms with E-state index in [1.54, 1.807) is 23.1 Å². The molecule has 1 heterocycles. The predicted octanol–water partition coefficient (Wildman–Crippen LogP) is 4.32. The number of amides is 2. The van der Waals surface area contributed by atoms with Crippen molar-refractivity contribution in [2.24, 2.45) is 11.8 Å². The number of nitrogens with one attached hydrogen (secondary N) is 2. The molecule has 0 unspecified atom stereocenters. The molecule has 0 radical (unpaired) electrons. The number of carbonyl (C=O) groups is 2. The summed E-state index contributed by atoms with van der Waals surface area (Å²) >= 11 is 0. The number of hydrogen-bond acceptors (Lipinski definition) is 4. The highest BCUT2D eigenvalue weighted by atomic mass is 32.2. The van der Waals surface area contributed by atoms with E-state index in [1.165, 1.54) is 6.92 Å². The van der Waals surface area contributed by atoms with Crippen molar-refractivity contribution >= 4 is 33.2 Å². The number of carbonyl (C=O) groups excluding carboxylic acids is 2. The van der Waals surface area contributed by atoms with Crippen LogP contribution in [0.5, 0.6) is 0 Å². The van der Waals surface area contributed by atoms with Gasteiger partial charge in [-0.3, -0.25) is 9.59 Å². The lowest BCUT2D eigenvalue weighted by Crippen LogP contribution is -2.34. The molecule has 2 aliphatic rings. The van der Waals surface area contributed by atoms with Crippen molar-refractivity contribution in [3.8, 4) is 0 Å². The van der Waals surface area contributed by atoms with Gasteiger partial charge in [0.15, 0.2) is 0 Å². The van der Waals surface area contributed by atoms with Crippen molar-refractivity contribution in [3.05, 3.63) is 53.1 Å². The Bertz CT molecular complexity index is 1230. The van der Waals surface area contributed by atoms with Crippen LogP contribution >= 0.6 is 0 Å². The van der Waals surface area contributed by atoms with E-state index in [-0.39, 0.29) is 34.6 Å². The Morgan fingerprint density at radius 3 is 2.46 bits per heavy atom. The summed E-state index contributed by atoms with van der Waals surface area (Å²) < 4.78 is 28.7. The maximum Gasteiger partial charge on any atom is 0.240 e. The molecular formula is C27H35N3O4S. The van der Waals surface area contributed by atoms with E-state index < -0.39 is 10.0 Å². The summed E-state index contributed by atoms with van der Waals surface area (Å²) in [6, 6.07) is 10.9. The van der Waals surface area contributed by atoms with Gasteiger partial charge in [0.25, 0.3) is 0 Å². The van der Waals surface area contributed by atoms with Gasteiger partial charge in [-0.15, -0.1) is 0 Å². The fraction of sp³-hybridized carbons (Fsp3) is 0.481. The van der Waals surface area contributed by atoms with Crippen molar-refractivity contribution in [1.82, 2.24) is 4.72 Å². The van der Waals surface area contributed by atoms with E-state index >= 15 is 0 Å². The number of benzene rings is 2. The molecule has 1 aliphatic carbocycles. The first-order chi connectivity index (χ1) is 16.6. The van der Waals surface area contributed by atoms with Crippen molar-refractivity contribution in [3.63, 3.8) is 0 Å². The first kappa shape index (κ1) is 25.4. The molecule has 35 heavy (non-hydrogen) atoms. The second-order valence-corrected chi connectivity index (χ2v) is 11.8. The quantitative estimate of drug-likeness (QED) is 0.621. The average molecular weight is 498 g/mol. The van der Waals surface area contributed by atoms with Gasteiger partial charge in [0.2, 0.25) is 21.8 Å². The van der Waals surface area contributed by atoms with Gasteiger partial charge in [-0.05, 0) is 99.7 Å². The predicted molar refractivity (Wildman–Crippen MR) is 138 cm³/mol. The summed E-state index contributed by atoms with van der Waals surface area (Å²) in [4.78, 5) is 26.7. The van der Waals surface area contributed by atoms with Crippen LogP contribution in [0.1, 0.15) is 56.2 Å². The van der Waals surface area contributed by atoms with E-state index in [9.17, 15) is 18.0 Å². The van der Waals surface area contributed by atoms with Crippen molar-refractivity contribution in [1.29, 1.82) is 0 Å². The first-order valence-corrected chi connectivity index (χ1v) is 13.8. The van der Waals surface area contributed by atoms with Crippen LogP contribution in [-0.4, -0.2) is 32.8 Å². The third-order valence-corrected chi connectivity index (χ3v) is 8.98. The molecule has 188 valence electrons. The van der Waals surface area contributed by atoms with Crippen LogP contribution < -0.4 is 14.9 Å². The molecule has 1 fully saturated rings. The van der Waals surface area contributed by atoms with Gasteiger partial charge < -0.3 is 10.2 Å². The normalized spacial score (nSPS) is 22.1. The minimum Gasteiger partial charge on any atom is -0.326 e. The molecule has 4 rings (SSSR count). The van der Waals surface area contributed by atoms with Crippen LogP contribution in [0, 0.1) is 25.7 Å². The van der Waals surface area contributed by atoms with E-state index in [2.05, 4.69) is 10.0 Å². The summed E-state index contributed by atoms with van der Waals surface area (Å²) in [5.41, 5.74) is 4.76. The fourth-order valence-electron chi connectivity index (χ4n) is 5.32. The zero-order chi connectivity index (χ0) is 25.3. The standard InChI is InChI=1S/C27H35N3O4S/c1-17-6-5-7-25(19(17)3)29-27(32)22-10-8-21(9-11-22)16-28-35(33,34)24-12-13-26-23(15-24)14-18(2)30(26)20(4)31/h5-7,12-13,15,18,21-22,28H,8-11,14,16H2,1-4H3,(H,29,32)/t18-,21?,22?/m1/s1. The van der Waals surface area contributed by atoms with E-state index in [0.717, 1.165) is 53.7 Å². The summed E-state index contributed by atoms with van der Waals surface area (Å²) in [5, 5.41) is 3.07. The zero-order valence-corrected chi connectivity index (χ0v) is 21.7. The highest BCUT2D eigenvalue weighted by Crippen LogP contribution is 2.34. The van der Waals surface area contributed by atoms with Crippen LogP contribution in [0.2, 0.25) is 0 Å². The van der Waals surface area contributed by atoms with Crippen LogP contribution in [0.15, 0.2) is 41.3 Å². The van der Waals surface area contributed by atoms with E-state index in [0.29, 0.717) is 13.0 Å². The van der Waals surface area contributed by atoms with Gasteiger partial charge in [0.05, 0.1) is 4.90 Å². The average Bonchev–Trinajstić information content (AvgIpc) is 3.16. The minimum atomic E-state index is -3.65. The summed E-state index contributed by atoms with van der Waals surface area (Å²) in [6.07, 6.45) is 3.76. The molecule has 0 saturated heterocycles. The Labute approximate surface area is 208 Å². The lowest BCUT2D eigenvalue weighted by molar-refractivity contribution is -0.121. The van der Waals surface area contributed by atoms with E-state index in [4.69, 9.17) is 0 Å². The summed E-state index contributed by atoms with van der Waals surface area (Å²) in [6.45, 7) is 7.89. The fourth-order valence-corrected chi connectivity index (χ4v) is 6.48. The smallest absolute Gasteiger partial charge is 0.240 e. The number of aryl methyl sites for hydroxylation is 1. The van der Waals surface area contributed by atoms with Crippen molar-refractivity contribution in [2.75, 3.05) is 16.8 Å². The highest BCUT2D eigenvalue weighted by Gasteiger charge is 2.31. The lowest BCUT2D eigenvalue weighted by atomic mass is 9.81. The maximum atomic E-state index is 13.0. The van der Waals surface area contributed by atoms with Crippen LogP contribution in [0.4, 0.5) is 11.4 Å². The van der Waals surface area contributed by atoms with Gasteiger partial charge in [0.1, 0.15) is 0 Å². The Kier molecular flexibility index (Phi) is 7.33. The lowest BCUT2D eigenvalue weighted by Gasteiger charge is -2.28. The Morgan fingerprint density at radius 2 is 1.77 bits per heavy atom. The third kappa shape index (κ3) is 5.43. The molecule has 7 nitrogen and oxygen atoms in total. The molecule has 0 aromatic heterocycles. The Morgan fingerprint density at radius 1 is 1.06 bits per heavy atom. The van der Waals surface area contributed by atoms with Gasteiger partial charge >= 0.3 is 0 Å². The number of anilines is 2. The summed E-state index contributed by atoms with van der Waals surface area (Å²) in [5.74, 6) is 0.163. The highest BCUT2D eigenvalue weighted by molar-refractivity contribution is 7.89. The number of sulfonamides is 1. The largest absolute Gasteiger partial charge is 0.326 e. The molecule has 2 amide bonds. The van der Waals surface area contributed by atoms with E-state index in [1.807, 2.05) is 39.0 Å². The molecular weight excluding hydrogens is 462 g/mol. The minimum absolute atomic E-state index is 0.0237. The first-order valence-electron chi connectivity index (χ1n) is 12.4. The number of hydrogen-bond donors (Lipinski definition) is 2. The Hall–Kier alpha value is -2.71. The van der Waals surface area contributed by atoms with Crippen molar-refractivity contribution in [2.45, 2.75) is 70.7 Å². The van der Waals surface area contributed by atoms with Crippen LogP contribution in [-0.2, 0) is 26.0 Å². The van der Waals surface area contributed by atoms with Gasteiger partial charge in [-0.2, -0.15) is 0 Å². The molecule has 0 bridgehead atoms. The SMILES string of the molecule is CC(=O)N1c2ccc(S(=O)(=O)NCC3CCC(C(=O)Nc4cccc(C)c4C)CC3)cc2C[C@H]1C.